The third-order valence-electron chi connectivity index (χ3n) is 2.89. The fourth-order valence-electron chi connectivity index (χ4n) is 1.86. The first kappa shape index (κ1) is 12.8. The van der Waals surface area contributed by atoms with E-state index in [1.165, 1.54) is 0 Å². The van der Waals surface area contributed by atoms with E-state index >= 15 is 0 Å². The summed E-state index contributed by atoms with van der Waals surface area (Å²) in [5, 5.41) is 16.8. The second kappa shape index (κ2) is 5.34. The van der Waals surface area contributed by atoms with Crippen LogP contribution in [0.3, 0.4) is 0 Å². The number of rotatable bonds is 4. The number of nitrogens with one attached hydrogen (secondary N) is 1. The minimum atomic E-state index is -0.771. The number of nitriles is 1. The van der Waals surface area contributed by atoms with Gasteiger partial charge in [0.25, 0.3) is 0 Å². The molecule has 0 saturated heterocycles. The zero-order valence-electron chi connectivity index (χ0n) is 9.97. The van der Waals surface area contributed by atoms with Crippen LogP contribution in [0.25, 0.3) is 0 Å². The molecular weight excluding hydrogens is 292 g/mol. The van der Waals surface area contributed by atoms with E-state index < -0.39 is 5.54 Å². The Morgan fingerprint density at radius 3 is 2.67 bits per heavy atom. The normalized spacial score (nSPS) is 13.8. The molecule has 2 aromatic rings. The Labute approximate surface area is 114 Å². The first-order chi connectivity index (χ1) is 8.70. The standard InChI is InChI=1S/C13H13BrN4/c1-16-13(9-15,11-5-3-2-4-6-11)10-18-8-12(14)7-17-18/h2-8,16H,10H2,1H3. The maximum absolute atomic E-state index is 9.53. The van der Waals surface area contributed by atoms with Crippen molar-refractivity contribution in [2.45, 2.75) is 12.1 Å². The van der Waals surface area contributed by atoms with Gasteiger partial charge in [0.15, 0.2) is 5.54 Å². The van der Waals surface area contributed by atoms with Crippen molar-refractivity contribution in [1.82, 2.24) is 15.1 Å². The van der Waals surface area contributed by atoms with Gasteiger partial charge in [-0.2, -0.15) is 10.4 Å². The molecule has 0 radical (unpaired) electrons. The lowest BCUT2D eigenvalue weighted by molar-refractivity contribution is 0.377. The first-order valence-corrected chi connectivity index (χ1v) is 6.33. The number of hydrogen-bond donors (Lipinski definition) is 1. The second-order valence-corrected chi connectivity index (χ2v) is 4.90. The molecule has 1 heterocycles. The Bertz CT molecular complexity index is 558. The van der Waals surface area contributed by atoms with E-state index in [0.717, 1.165) is 10.0 Å². The topological polar surface area (TPSA) is 53.6 Å². The summed E-state index contributed by atoms with van der Waals surface area (Å²) < 4.78 is 2.65. The smallest absolute Gasteiger partial charge is 0.151 e. The van der Waals surface area contributed by atoms with Crippen molar-refractivity contribution in [3.05, 3.63) is 52.8 Å². The van der Waals surface area contributed by atoms with Gasteiger partial charge in [-0.25, -0.2) is 0 Å². The molecule has 0 saturated carbocycles. The highest BCUT2D eigenvalue weighted by Gasteiger charge is 2.31. The fourth-order valence-corrected chi connectivity index (χ4v) is 2.19. The van der Waals surface area contributed by atoms with Crippen LogP contribution in [0.4, 0.5) is 0 Å². The maximum atomic E-state index is 9.53. The summed E-state index contributed by atoms with van der Waals surface area (Å²) in [6.45, 7) is 0.454. The Kier molecular flexibility index (Phi) is 3.80. The van der Waals surface area contributed by atoms with Crippen molar-refractivity contribution in [1.29, 1.82) is 5.26 Å². The molecule has 2 rings (SSSR count). The molecule has 1 N–H and O–H groups in total. The van der Waals surface area contributed by atoms with Crippen molar-refractivity contribution < 1.29 is 0 Å². The van der Waals surface area contributed by atoms with Crippen LogP contribution < -0.4 is 5.32 Å². The largest absolute Gasteiger partial charge is 0.297 e. The van der Waals surface area contributed by atoms with Gasteiger partial charge in [-0.05, 0) is 28.5 Å². The highest BCUT2D eigenvalue weighted by molar-refractivity contribution is 9.10. The van der Waals surface area contributed by atoms with Crippen LogP contribution in [0.2, 0.25) is 0 Å². The number of nitrogens with zero attached hydrogens (tertiary/aromatic N) is 3. The lowest BCUT2D eigenvalue weighted by atomic mass is 9.91. The lowest BCUT2D eigenvalue weighted by Crippen LogP contribution is -2.42. The van der Waals surface area contributed by atoms with Crippen LogP contribution in [0.1, 0.15) is 5.56 Å². The predicted molar refractivity (Wildman–Crippen MR) is 72.7 cm³/mol. The van der Waals surface area contributed by atoms with Gasteiger partial charge < -0.3 is 0 Å². The summed E-state index contributed by atoms with van der Waals surface area (Å²) in [5.74, 6) is 0. The van der Waals surface area contributed by atoms with Gasteiger partial charge in [-0.15, -0.1) is 0 Å². The summed E-state index contributed by atoms with van der Waals surface area (Å²) in [6.07, 6.45) is 3.56. The summed E-state index contributed by atoms with van der Waals surface area (Å²) >= 11 is 3.35. The Morgan fingerprint density at radius 2 is 2.17 bits per heavy atom. The van der Waals surface area contributed by atoms with E-state index in [1.54, 1.807) is 17.9 Å². The molecular formula is C13H13BrN4. The molecule has 0 fully saturated rings. The number of benzene rings is 1. The fraction of sp³-hybridized carbons (Fsp3) is 0.231. The number of halogens is 1. The highest BCUT2D eigenvalue weighted by Crippen LogP contribution is 2.22. The quantitative estimate of drug-likeness (QED) is 0.943. The van der Waals surface area contributed by atoms with E-state index in [-0.39, 0.29) is 0 Å². The van der Waals surface area contributed by atoms with Crippen molar-refractivity contribution in [2.24, 2.45) is 0 Å². The SMILES string of the molecule is CNC(C#N)(Cn1cc(Br)cn1)c1ccccc1. The molecule has 92 valence electrons. The Morgan fingerprint density at radius 1 is 1.44 bits per heavy atom. The third kappa shape index (κ3) is 2.45. The average Bonchev–Trinajstić information content (AvgIpc) is 2.82. The van der Waals surface area contributed by atoms with Gasteiger partial charge >= 0.3 is 0 Å². The molecule has 0 amide bonds. The third-order valence-corrected chi connectivity index (χ3v) is 3.29. The zero-order valence-corrected chi connectivity index (χ0v) is 11.6. The van der Waals surface area contributed by atoms with Crippen LogP contribution in [0.5, 0.6) is 0 Å². The highest BCUT2D eigenvalue weighted by atomic mass is 79.9. The molecule has 0 bridgehead atoms. The number of aromatic nitrogens is 2. The molecule has 5 heteroatoms. The van der Waals surface area contributed by atoms with E-state index in [1.807, 2.05) is 36.5 Å². The lowest BCUT2D eigenvalue weighted by Gasteiger charge is -2.26. The van der Waals surface area contributed by atoms with Crippen molar-refractivity contribution in [2.75, 3.05) is 7.05 Å². The van der Waals surface area contributed by atoms with Gasteiger partial charge in [0.05, 0.1) is 23.3 Å². The minimum Gasteiger partial charge on any atom is -0.297 e. The summed E-state index contributed by atoms with van der Waals surface area (Å²) in [5.41, 5.74) is 0.161. The van der Waals surface area contributed by atoms with Gasteiger partial charge in [0.2, 0.25) is 0 Å². The predicted octanol–water partition coefficient (Wildman–Crippen LogP) is 2.28. The van der Waals surface area contributed by atoms with E-state index in [9.17, 15) is 5.26 Å². The average molecular weight is 305 g/mol. The van der Waals surface area contributed by atoms with E-state index in [4.69, 9.17) is 0 Å². The molecule has 1 aromatic heterocycles. The zero-order chi connectivity index (χ0) is 13.0. The minimum absolute atomic E-state index is 0.454. The van der Waals surface area contributed by atoms with Crippen LogP contribution in [-0.2, 0) is 12.1 Å². The molecule has 18 heavy (non-hydrogen) atoms. The molecule has 0 aliphatic rings. The van der Waals surface area contributed by atoms with Gasteiger partial charge in [0.1, 0.15) is 0 Å². The maximum Gasteiger partial charge on any atom is 0.151 e. The summed E-state index contributed by atoms with van der Waals surface area (Å²) in [6, 6.07) is 12.0. The van der Waals surface area contributed by atoms with Crippen LogP contribution in [0, 0.1) is 11.3 Å². The second-order valence-electron chi connectivity index (χ2n) is 3.99. The molecule has 0 spiro atoms. The Hall–Kier alpha value is -1.64. The van der Waals surface area contributed by atoms with Gasteiger partial charge in [-0.1, -0.05) is 30.3 Å². The molecule has 1 unspecified atom stereocenters. The Balaban J connectivity index is 2.36. The van der Waals surface area contributed by atoms with Crippen LogP contribution in [0.15, 0.2) is 47.2 Å². The van der Waals surface area contributed by atoms with Crippen molar-refractivity contribution >= 4 is 15.9 Å². The van der Waals surface area contributed by atoms with Crippen molar-refractivity contribution in [3.63, 3.8) is 0 Å². The molecule has 1 aromatic carbocycles. The van der Waals surface area contributed by atoms with Crippen molar-refractivity contribution in [3.8, 4) is 6.07 Å². The molecule has 0 aliphatic heterocycles. The van der Waals surface area contributed by atoms with E-state index in [2.05, 4.69) is 32.4 Å². The molecule has 1 atom stereocenters. The van der Waals surface area contributed by atoms with Crippen LogP contribution in [-0.4, -0.2) is 16.8 Å². The number of likely N-dealkylation sites (N-methyl/N-ethyl adjacent to an activating group) is 1. The molecule has 4 nitrogen and oxygen atoms in total. The summed E-state index contributed by atoms with van der Waals surface area (Å²) in [7, 11) is 1.79. The van der Waals surface area contributed by atoms with Gasteiger partial charge in [0, 0.05) is 6.20 Å². The summed E-state index contributed by atoms with van der Waals surface area (Å²) in [4.78, 5) is 0. The number of hydrogen-bond acceptors (Lipinski definition) is 3. The monoisotopic (exact) mass is 304 g/mol. The first-order valence-electron chi connectivity index (χ1n) is 5.54. The van der Waals surface area contributed by atoms with Crippen LogP contribution >= 0.6 is 15.9 Å². The molecule has 0 aliphatic carbocycles. The van der Waals surface area contributed by atoms with E-state index in [0.29, 0.717) is 6.54 Å². The van der Waals surface area contributed by atoms with Gasteiger partial charge in [-0.3, -0.25) is 10.00 Å².